The second-order valence-corrected chi connectivity index (χ2v) is 4.60. The summed E-state index contributed by atoms with van der Waals surface area (Å²) in [5.74, 6) is -0.838. The lowest BCUT2D eigenvalue weighted by atomic mass is 9.97. The first-order valence-electron chi connectivity index (χ1n) is 5.48. The molecule has 1 aromatic carbocycles. The third-order valence-electron chi connectivity index (χ3n) is 3.07. The predicted molar refractivity (Wildman–Crippen MR) is 67.2 cm³/mol. The van der Waals surface area contributed by atoms with Gasteiger partial charge < -0.3 is 5.11 Å². The molecule has 1 atom stereocenters. The molecule has 90 valence electrons. The van der Waals surface area contributed by atoms with E-state index in [0.717, 1.165) is 12.1 Å². The van der Waals surface area contributed by atoms with Crippen LogP contribution in [0.2, 0.25) is 5.02 Å². The van der Waals surface area contributed by atoms with Gasteiger partial charge in [0.2, 0.25) is 0 Å². The van der Waals surface area contributed by atoms with E-state index < -0.39 is 5.97 Å². The predicted octanol–water partition coefficient (Wildman–Crippen LogP) is 2.73. The summed E-state index contributed by atoms with van der Waals surface area (Å²) in [7, 11) is 1.98. The van der Waals surface area contributed by atoms with Crippen LogP contribution in [-0.4, -0.2) is 29.6 Å². The lowest BCUT2D eigenvalue weighted by Gasteiger charge is -2.31. The summed E-state index contributed by atoms with van der Waals surface area (Å²) in [5, 5.41) is 9.71. The average molecular weight is 252 g/mol. The summed E-state index contributed by atoms with van der Waals surface area (Å²) in [6.45, 7) is 0.730. The monoisotopic (exact) mass is 251 g/mol. The van der Waals surface area contributed by atoms with Crippen LogP contribution in [0.15, 0.2) is 35.9 Å². The van der Waals surface area contributed by atoms with Gasteiger partial charge in [-0.2, -0.15) is 0 Å². The lowest BCUT2D eigenvalue weighted by molar-refractivity contribution is -0.133. The molecule has 0 spiro atoms. The number of carbonyl (C=O) groups is 1. The minimum Gasteiger partial charge on any atom is -0.478 e. The molecule has 2 rings (SSSR count). The van der Waals surface area contributed by atoms with E-state index in [1.54, 1.807) is 6.08 Å². The highest BCUT2D eigenvalue weighted by Gasteiger charge is 2.24. The first kappa shape index (κ1) is 12.1. The number of hydrogen-bond donors (Lipinski definition) is 1. The minimum atomic E-state index is -0.838. The molecule has 1 unspecified atom stereocenters. The van der Waals surface area contributed by atoms with Crippen molar-refractivity contribution in [1.82, 2.24) is 4.90 Å². The second kappa shape index (κ2) is 4.90. The van der Waals surface area contributed by atoms with Crippen LogP contribution >= 0.6 is 11.6 Å². The molecule has 1 heterocycles. The van der Waals surface area contributed by atoms with Gasteiger partial charge >= 0.3 is 5.97 Å². The Morgan fingerprint density at radius 1 is 1.47 bits per heavy atom. The van der Waals surface area contributed by atoms with Crippen molar-refractivity contribution in [3.63, 3.8) is 0 Å². The number of aliphatic carboxylic acids is 1. The van der Waals surface area contributed by atoms with Gasteiger partial charge in [-0.1, -0.05) is 35.9 Å². The van der Waals surface area contributed by atoms with Crippen LogP contribution in [0.4, 0.5) is 0 Å². The van der Waals surface area contributed by atoms with E-state index in [0.29, 0.717) is 17.0 Å². The molecular weight excluding hydrogens is 238 g/mol. The van der Waals surface area contributed by atoms with Crippen LogP contribution < -0.4 is 0 Å². The SMILES string of the molecule is CN1CCC(C(=O)O)=CC1c1ccccc1Cl. The van der Waals surface area contributed by atoms with Crippen molar-refractivity contribution >= 4 is 17.6 Å². The van der Waals surface area contributed by atoms with Crippen molar-refractivity contribution in [3.05, 3.63) is 46.5 Å². The van der Waals surface area contributed by atoms with E-state index in [2.05, 4.69) is 4.90 Å². The highest BCUT2D eigenvalue weighted by Crippen LogP contribution is 2.32. The largest absolute Gasteiger partial charge is 0.478 e. The van der Waals surface area contributed by atoms with Gasteiger partial charge in [0.1, 0.15) is 0 Å². The van der Waals surface area contributed by atoms with Crippen LogP contribution in [0.25, 0.3) is 0 Å². The maximum atomic E-state index is 11.0. The first-order chi connectivity index (χ1) is 8.09. The van der Waals surface area contributed by atoms with Crippen molar-refractivity contribution < 1.29 is 9.90 Å². The van der Waals surface area contributed by atoms with Gasteiger partial charge in [-0.15, -0.1) is 0 Å². The summed E-state index contributed by atoms with van der Waals surface area (Å²) in [6, 6.07) is 7.50. The third-order valence-corrected chi connectivity index (χ3v) is 3.41. The van der Waals surface area contributed by atoms with E-state index in [9.17, 15) is 4.79 Å². The van der Waals surface area contributed by atoms with E-state index >= 15 is 0 Å². The first-order valence-corrected chi connectivity index (χ1v) is 5.86. The smallest absolute Gasteiger partial charge is 0.331 e. The summed E-state index contributed by atoms with van der Waals surface area (Å²) in [5.41, 5.74) is 1.42. The number of carboxylic acids is 1. The summed E-state index contributed by atoms with van der Waals surface area (Å²) >= 11 is 6.15. The molecule has 0 aliphatic carbocycles. The quantitative estimate of drug-likeness (QED) is 0.879. The fourth-order valence-electron chi connectivity index (χ4n) is 2.06. The molecule has 4 heteroatoms. The Hall–Kier alpha value is -1.32. The number of hydrogen-bond acceptors (Lipinski definition) is 2. The maximum Gasteiger partial charge on any atom is 0.331 e. The van der Waals surface area contributed by atoms with Crippen molar-refractivity contribution in [2.24, 2.45) is 0 Å². The molecule has 0 radical (unpaired) electrons. The highest BCUT2D eigenvalue weighted by molar-refractivity contribution is 6.31. The van der Waals surface area contributed by atoms with Crippen LogP contribution in [0.1, 0.15) is 18.0 Å². The number of nitrogens with zero attached hydrogens (tertiary/aromatic N) is 1. The van der Waals surface area contributed by atoms with E-state index in [1.165, 1.54) is 0 Å². The Bertz CT molecular complexity index is 470. The molecule has 0 saturated heterocycles. The van der Waals surface area contributed by atoms with Gasteiger partial charge in [0.25, 0.3) is 0 Å². The summed E-state index contributed by atoms with van der Waals surface area (Å²) in [6.07, 6.45) is 2.36. The number of likely N-dealkylation sites (N-methyl/N-ethyl adjacent to an activating group) is 1. The van der Waals surface area contributed by atoms with Crippen LogP contribution in [0.5, 0.6) is 0 Å². The Kier molecular flexibility index (Phi) is 3.50. The van der Waals surface area contributed by atoms with E-state index in [1.807, 2.05) is 31.3 Å². The molecule has 0 bridgehead atoms. The molecule has 0 saturated carbocycles. The number of halogens is 1. The van der Waals surface area contributed by atoms with Crippen molar-refractivity contribution in [3.8, 4) is 0 Å². The molecule has 1 N–H and O–H groups in total. The van der Waals surface area contributed by atoms with Gasteiger partial charge in [0.05, 0.1) is 6.04 Å². The topological polar surface area (TPSA) is 40.5 Å². The molecule has 17 heavy (non-hydrogen) atoms. The second-order valence-electron chi connectivity index (χ2n) is 4.19. The Balaban J connectivity index is 2.39. The summed E-state index contributed by atoms with van der Waals surface area (Å²) in [4.78, 5) is 13.1. The molecule has 1 aliphatic heterocycles. The van der Waals surface area contributed by atoms with Gasteiger partial charge in [0.15, 0.2) is 0 Å². The van der Waals surface area contributed by atoms with Crippen molar-refractivity contribution in [2.75, 3.05) is 13.6 Å². The zero-order valence-electron chi connectivity index (χ0n) is 9.56. The number of benzene rings is 1. The Morgan fingerprint density at radius 3 is 2.82 bits per heavy atom. The molecule has 1 aliphatic rings. The Labute approximate surface area is 105 Å². The van der Waals surface area contributed by atoms with Crippen LogP contribution in [0.3, 0.4) is 0 Å². The number of carboxylic acid groups (broad SMARTS) is 1. The van der Waals surface area contributed by atoms with Gasteiger partial charge in [-0.25, -0.2) is 4.79 Å². The van der Waals surface area contributed by atoms with Crippen molar-refractivity contribution in [1.29, 1.82) is 0 Å². The fourth-order valence-corrected chi connectivity index (χ4v) is 2.30. The molecule has 0 aromatic heterocycles. The third kappa shape index (κ3) is 2.51. The highest BCUT2D eigenvalue weighted by atomic mass is 35.5. The molecule has 0 fully saturated rings. The van der Waals surface area contributed by atoms with Gasteiger partial charge in [-0.05, 0) is 25.1 Å². The molecule has 1 aromatic rings. The number of rotatable bonds is 2. The fraction of sp³-hybridized carbons (Fsp3) is 0.308. The molecule has 3 nitrogen and oxygen atoms in total. The van der Waals surface area contributed by atoms with Crippen molar-refractivity contribution in [2.45, 2.75) is 12.5 Å². The van der Waals surface area contributed by atoms with Gasteiger partial charge in [-0.3, -0.25) is 4.90 Å². The van der Waals surface area contributed by atoms with Gasteiger partial charge in [0, 0.05) is 17.1 Å². The lowest BCUT2D eigenvalue weighted by Crippen LogP contribution is -2.30. The standard InChI is InChI=1S/C13H14ClNO2/c1-15-7-6-9(13(16)17)8-12(15)10-4-2-3-5-11(10)14/h2-5,8,12H,6-7H2,1H3,(H,16,17). The average Bonchev–Trinajstić information content (AvgIpc) is 2.30. The Morgan fingerprint density at radius 2 is 2.18 bits per heavy atom. The van der Waals surface area contributed by atoms with Crippen LogP contribution in [0, 0.1) is 0 Å². The minimum absolute atomic E-state index is 0.0523. The van der Waals surface area contributed by atoms with E-state index in [4.69, 9.17) is 16.7 Å². The van der Waals surface area contributed by atoms with E-state index in [-0.39, 0.29) is 6.04 Å². The normalized spacial score (nSPS) is 21.1. The molecule has 0 amide bonds. The van der Waals surface area contributed by atoms with Crippen LogP contribution in [-0.2, 0) is 4.79 Å². The summed E-state index contributed by atoms with van der Waals surface area (Å²) < 4.78 is 0. The maximum absolute atomic E-state index is 11.0. The zero-order valence-corrected chi connectivity index (χ0v) is 10.3. The molecular formula is C13H14ClNO2. The zero-order chi connectivity index (χ0) is 12.4.